The van der Waals surface area contributed by atoms with E-state index in [9.17, 15) is 4.79 Å². The second-order valence-electron chi connectivity index (χ2n) is 1.63. The first-order chi connectivity index (χ1) is 3.50. The van der Waals surface area contributed by atoms with Gasteiger partial charge in [0.25, 0.3) is 0 Å². The summed E-state index contributed by atoms with van der Waals surface area (Å²) in [4.78, 5) is 9.94. The topological polar surface area (TPSA) is 69.6 Å². The number of carboxylic acids is 1. The molecule has 0 spiro atoms. The van der Waals surface area contributed by atoms with Crippen LogP contribution in [0.25, 0.3) is 0 Å². The lowest BCUT2D eigenvalue weighted by Crippen LogP contribution is -2.47. The number of aliphatic carboxylic acids is 1. The minimum absolute atomic E-state index is 1.16. The SMILES string of the molecule is CN[C@](C)(O)C(=O)O. The van der Waals surface area contributed by atoms with Gasteiger partial charge in [-0.2, -0.15) is 0 Å². The minimum Gasteiger partial charge on any atom is -0.478 e. The summed E-state index contributed by atoms with van der Waals surface area (Å²) in [5, 5.41) is 19.0. The number of aliphatic hydroxyl groups is 1. The molecule has 0 heterocycles. The zero-order valence-electron chi connectivity index (χ0n) is 4.80. The van der Waals surface area contributed by atoms with E-state index in [1.54, 1.807) is 0 Å². The number of hydrogen-bond donors (Lipinski definition) is 3. The highest BCUT2D eigenvalue weighted by molar-refractivity contribution is 5.75. The molecule has 8 heavy (non-hydrogen) atoms. The van der Waals surface area contributed by atoms with E-state index in [1.165, 1.54) is 7.05 Å². The van der Waals surface area contributed by atoms with Crippen LogP contribution in [0, 0.1) is 0 Å². The van der Waals surface area contributed by atoms with Crippen molar-refractivity contribution in [1.29, 1.82) is 0 Å². The summed E-state index contributed by atoms with van der Waals surface area (Å²) in [6.07, 6.45) is 0. The molecule has 0 radical (unpaired) electrons. The molecule has 0 rings (SSSR count). The van der Waals surface area contributed by atoms with Gasteiger partial charge in [-0.3, -0.25) is 5.32 Å². The van der Waals surface area contributed by atoms with Crippen LogP contribution in [0.2, 0.25) is 0 Å². The van der Waals surface area contributed by atoms with Gasteiger partial charge in [0.15, 0.2) is 0 Å². The Morgan fingerprint density at radius 3 is 2.12 bits per heavy atom. The van der Waals surface area contributed by atoms with Crippen LogP contribution < -0.4 is 5.32 Å². The van der Waals surface area contributed by atoms with Crippen molar-refractivity contribution >= 4 is 5.97 Å². The Kier molecular flexibility index (Phi) is 1.94. The van der Waals surface area contributed by atoms with Gasteiger partial charge in [0.05, 0.1) is 0 Å². The summed E-state index contributed by atoms with van der Waals surface area (Å²) in [6, 6.07) is 0. The van der Waals surface area contributed by atoms with Crippen LogP contribution in [0.3, 0.4) is 0 Å². The third kappa shape index (κ3) is 1.48. The maximum absolute atomic E-state index is 9.94. The van der Waals surface area contributed by atoms with E-state index in [4.69, 9.17) is 10.2 Å². The molecule has 4 heteroatoms. The highest BCUT2D eigenvalue weighted by atomic mass is 16.4. The van der Waals surface area contributed by atoms with Crippen molar-refractivity contribution in [3.8, 4) is 0 Å². The van der Waals surface area contributed by atoms with E-state index >= 15 is 0 Å². The van der Waals surface area contributed by atoms with Crippen LogP contribution in [-0.2, 0) is 4.79 Å². The highest BCUT2D eigenvalue weighted by Crippen LogP contribution is 1.93. The monoisotopic (exact) mass is 119 g/mol. The molecular weight excluding hydrogens is 110 g/mol. The summed E-state index contributed by atoms with van der Waals surface area (Å²) >= 11 is 0. The molecule has 0 saturated heterocycles. The molecule has 0 aromatic heterocycles. The molecule has 0 aliphatic heterocycles. The van der Waals surface area contributed by atoms with Gasteiger partial charge in [-0.25, -0.2) is 4.79 Å². The summed E-state index contributed by atoms with van der Waals surface area (Å²) in [6.45, 7) is 1.16. The lowest BCUT2D eigenvalue weighted by Gasteiger charge is -2.15. The molecule has 3 N–H and O–H groups in total. The molecule has 4 nitrogen and oxygen atoms in total. The number of rotatable bonds is 2. The van der Waals surface area contributed by atoms with Crippen molar-refractivity contribution in [1.82, 2.24) is 5.32 Å². The Bertz CT molecular complexity index is 99.5. The fourth-order valence-electron chi connectivity index (χ4n) is 0.107. The Morgan fingerprint density at radius 2 is 2.12 bits per heavy atom. The van der Waals surface area contributed by atoms with E-state index in [0.717, 1.165) is 6.92 Å². The molecule has 0 bridgehead atoms. The third-order valence-electron chi connectivity index (χ3n) is 0.903. The smallest absolute Gasteiger partial charge is 0.350 e. The van der Waals surface area contributed by atoms with E-state index in [0.29, 0.717) is 0 Å². The van der Waals surface area contributed by atoms with Crippen molar-refractivity contribution < 1.29 is 15.0 Å². The number of hydrogen-bond acceptors (Lipinski definition) is 3. The number of carbonyl (C=O) groups is 1. The Hall–Kier alpha value is -0.610. The van der Waals surface area contributed by atoms with Crippen LogP contribution in [-0.4, -0.2) is 29.0 Å². The lowest BCUT2D eigenvalue weighted by atomic mass is 10.3. The van der Waals surface area contributed by atoms with Gasteiger partial charge in [0.1, 0.15) is 0 Å². The van der Waals surface area contributed by atoms with Crippen molar-refractivity contribution in [3.05, 3.63) is 0 Å². The van der Waals surface area contributed by atoms with Gasteiger partial charge in [0.2, 0.25) is 5.72 Å². The Labute approximate surface area is 47.1 Å². The number of likely N-dealkylation sites (N-methyl/N-ethyl adjacent to an activating group) is 1. The highest BCUT2D eigenvalue weighted by Gasteiger charge is 2.26. The first-order valence-corrected chi connectivity index (χ1v) is 2.15. The Balaban J connectivity index is 3.91. The average molecular weight is 119 g/mol. The van der Waals surface area contributed by atoms with E-state index in [2.05, 4.69) is 5.32 Å². The standard InChI is InChI=1S/C4H9NO3/c1-4(8,5-2)3(6)7/h5,8H,1-2H3,(H,6,7)/t4-/m1/s1. The van der Waals surface area contributed by atoms with Gasteiger partial charge in [-0.15, -0.1) is 0 Å². The summed E-state index contributed by atoms with van der Waals surface area (Å²) in [5.74, 6) is -1.28. The predicted octanol–water partition coefficient (Wildman–Crippen LogP) is -1.00. The minimum atomic E-state index is -1.79. The lowest BCUT2D eigenvalue weighted by molar-refractivity contribution is -0.159. The average Bonchev–Trinajstić information content (AvgIpc) is 1.67. The van der Waals surface area contributed by atoms with Crippen LogP contribution in [0.5, 0.6) is 0 Å². The van der Waals surface area contributed by atoms with Gasteiger partial charge in [-0.05, 0) is 14.0 Å². The van der Waals surface area contributed by atoms with Crippen LogP contribution >= 0.6 is 0 Å². The molecule has 0 aliphatic rings. The molecule has 1 atom stereocenters. The van der Waals surface area contributed by atoms with Crippen molar-refractivity contribution in [3.63, 3.8) is 0 Å². The van der Waals surface area contributed by atoms with Gasteiger partial charge in [-0.1, -0.05) is 0 Å². The van der Waals surface area contributed by atoms with Gasteiger partial charge >= 0.3 is 5.97 Å². The maximum atomic E-state index is 9.94. The number of carboxylic acid groups (broad SMARTS) is 1. The third-order valence-corrected chi connectivity index (χ3v) is 0.903. The van der Waals surface area contributed by atoms with Crippen molar-refractivity contribution in [2.75, 3.05) is 7.05 Å². The molecule has 0 fully saturated rings. The van der Waals surface area contributed by atoms with Crippen LogP contribution in [0.4, 0.5) is 0 Å². The fourth-order valence-corrected chi connectivity index (χ4v) is 0.107. The molecule has 0 unspecified atom stereocenters. The Morgan fingerprint density at radius 1 is 1.75 bits per heavy atom. The second kappa shape index (κ2) is 2.11. The molecule has 0 aromatic carbocycles. The quantitative estimate of drug-likeness (QED) is 0.408. The summed E-state index contributed by atoms with van der Waals surface area (Å²) in [5.41, 5.74) is -1.79. The molecule has 48 valence electrons. The predicted molar refractivity (Wildman–Crippen MR) is 27.3 cm³/mol. The maximum Gasteiger partial charge on any atom is 0.350 e. The van der Waals surface area contributed by atoms with E-state index in [-0.39, 0.29) is 0 Å². The second-order valence-corrected chi connectivity index (χ2v) is 1.63. The van der Waals surface area contributed by atoms with Crippen LogP contribution in [0.15, 0.2) is 0 Å². The van der Waals surface area contributed by atoms with Gasteiger partial charge in [0, 0.05) is 0 Å². The van der Waals surface area contributed by atoms with E-state index < -0.39 is 11.7 Å². The summed E-state index contributed by atoms with van der Waals surface area (Å²) in [7, 11) is 1.37. The van der Waals surface area contributed by atoms with Crippen molar-refractivity contribution in [2.45, 2.75) is 12.6 Å². The first-order valence-electron chi connectivity index (χ1n) is 2.15. The first kappa shape index (κ1) is 7.39. The van der Waals surface area contributed by atoms with E-state index in [1.807, 2.05) is 0 Å². The molecule has 0 amide bonds. The fraction of sp³-hybridized carbons (Fsp3) is 0.750. The summed E-state index contributed by atoms with van der Waals surface area (Å²) < 4.78 is 0. The molecule has 0 saturated carbocycles. The molecule has 0 aliphatic carbocycles. The zero-order valence-corrected chi connectivity index (χ0v) is 4.80. The largest absolute Gasteiger partial charge is 0.478 e. The zero-order chi connectivity index (χ0) is 6.78. The normalized spacial score (nSPS) is 17.4. The van der Waals surface area contributed by atoms with Gasteiger partial charge < -0.3 is 10.2 Å². The van der Waals surface area contributed by atoms with Crippen LogP contribution in [0.1, 0.15) is 6.92 Å². The van der Waals surface area contributed by atoms with Crippen molar-refractivity contribution in [2.24, 2.45) is 0 Å². The molecule has 0 aromatic rings. The molecular formula is C4H9NO3. The number of nitrogens with one attached hydrogen (secondary N) is 1.